The number of H-pyrrole nitrogens is 1. The Morgan fingerprint density at radius 1 is 1.21 bits per heavy atom. The number of hydrogen-bond donors (Lipinski definition) is 3. The van der Waals surface area contributed by atoms with Crippen molar-refractivity contribution in [3.63, 3.8) is 0 Å². The molecular formula is C26H22FN3O3. The van der Waals surface area contributed by atoms with Crippen molar-refractivity contribution in [3.05, 3.63) is 77.6 Å². The number of fused-ring (bicyclic) bond motifs is 4. The number of nitrogens with one attached hydrogen (secondary N) is 1. The van der Waals surface area contributed by atoms with Crippen LogP contribution in [0.1, 0.15) is 21.5 Å². The molecule has 1 aromatic heterocycles. The van der Waals surface area contributed by atoms with Gasteiger partial charge in [0.15, 0.2) is 0 Å². The highest BCUT2D eigenvalue weighted by Gasteiger charge is 2.26. The molecule has 0 saturated carbocycles. The van der Waals surface area contributed by atoms with Gasteiger partial charge in [0.25, 0.3) is 5.91 Å². The van der Waals surface area contributed by atoms with E-state index >= 15 is 4.39 Å². The van der Waals surface area contributed by atoms with Crippen LogP contribution in [0.2, 0.25) is 0 Å². The van der Waals surface area contributed by atoms with Crippen LogP contribution in [0.5, 0.6) is 0 Å². The minimum absolute atomic E-state index is 0.00715. The summed E-state index contributed by atoms with van der Waals surface area (Å²) in [6, 6.07) is 12.3. The number of aromatic nitrogens is 1. The summed E-state index contributed by atoms with van der Waals surface area (Å²) >= 11 is 0. The van der Waals surface area contributed by atoms with E-state index in [4.69, 9.17) is 5.73 Å². The van der Waals surface area contributed by atoms with Gasteiger partial charge < -0.3 is 20.7 Å². The Bertz CT molecular complexity index is 1470. The smallest absolute Gasteiger partial charge is 0.250 e. The molecule has 4 N–H and O–H groups in total. The Kier molecular flexibility index (Phi) is 4.98. The maximum Gasteiger partial charge on any atom is 0.250 e. The second kappa shape index (κ2) is 7.86. The molecule has 7 heteroatoms. The van der Waals surface area contributed by atoms with E-state index < -0.39 is 11.7 Å². The molecule has 6 nitrogen and oxygen atoms in total. The largest absolute Gasteiger partial charge is 0.396 e. The Hall–Kier alpha value is -3.97. The average molecular weight is 443 g/mol. The topological polar surface area (TPSA) is 99.4 Å². The molecule has 2 amide bonds. The van der Waals surface area contributed by atoms with Gasteiger partial charge in [-0.2, -0.15) is 0 Å². The molecule has 0 saturated heterocycles. The second-order valence-corrected chi connectivity index (χ2v) is 8.16. The summed E-state index contributed by atoms with van der Waals surface area (Å²) in [5.41, 5.74) is 10.4. The third kappa shape index (κ3) is 3.29. The van der Waals surface area contributed by atoms with Crippen molar-refractivity contribution in [2.24, 2.45) is 5.73 Å². The van der Waals surface area contributed by atoms with Gasteiger partial charge in [0.1, 0.15) is 5.82 Å². The van der Waals surface area contributed by atoms with Gasteiger partial charge in [-0.15, -0.1) is 0 Å². The normalized spacial score (nSPS) is 13.0. The molecular weight excluding hydrogens is 421 g/mol. The van der Waals surface area contributed by atoms with Crippen LogP contribution in [-0.4, -0.2) is 35.1 Å². The first-order valence-electron chi connectivity index (χ1n) is 10.7. The zero-order chi connectivity index (χ0) is 23.3. The molecule has 0 spiro atoms. The van der Waals surface area contributed by atoms with Crippen molar-refractivity contribution in [1.29, 1.82) is 0 Å². The molecule has 2 heterocycles. The SMILES string of the molecule is C=CC(=O)N1CCc2ccc(-c3c(F)cc(C(N)=O)c4[nH]c5cc(CCO)ccc5c34)cc21. The first-order chi connectivity index (χ1) is 15.9. The lowest BCUT2D eigenvalue weighted by atomic mass is 9.94. The highest BCUT2D eigenvalue weighted by molar-refractivity contribution is 6.20. The van der Waals surface area contributed by atoms with E-state index in [1.807, 2.05) is 36.4 Å². The molecule has 1 aliphatic heterocycles. The van der Waals surface area contributed by atoms with Gasteiger partial charge in [0.2, 0.25) is 5.91 Å². The number of aromatic amines is 1. The van der Waals surface area contributed by atoms with E-state index in [0.717, 1.165) is 33.8 Å². The van der Waals surface area contributed by atoms with Crippen molar-refractivity contribution in [2.75, 3.05) is 18.1 Å². The molecule has 166 valence electrons. The van der Waals surface area contributed by atoms with E-state index in [2.05, 4.69) is 11.6 Å². The number of nitrogens with zero attached hydrogens (tertiary/aromatic N) is 1. The van der Waals surface area contributed by atoms with Crippen molar-refractivity contribution in [3.8, 4) is 11.1 Å². The second-order valence-electron chi connectivity index (χ2n) is 8.16. The number of carbonyl (C=O) groups is 2. The van der Waals surface area contributed by atoms with E-state index in [1.165, 1.54) is 6.08 Å². The molecule has 5 rings (SSSR count). The lowest BCUT2D eigenvalue weighted by Crippen LogP contribution is -2.26. The van der Waals surface area contributed by atoms with Gasteiger partial charge in [-0.3, -0.25) is 9.59 Å². The lowest BCUT2D eigenvalue weighted by Gasteiger charge is -2.17. The molecule has 33 heavy (non-hydrogen) atoms. The number of halogens is 1. The fourth-order valence-electron chi connectivity index (χ4n) is 4.73. The minimum Gasteiger partial charge on any atom is -0.396 e. The Labute approximate surface area is 189 Å². The van der Waals surface area contributed by atoms with Gasteiger partial charge in [-0.1, -0.05) is 30.8 Å². The predicted octanol–water partition coefficient (Wildman–Crippen LogP) is 3.84. The first-order valence-corrected chi connectivity index (χ1v) is 10.7. The third-order valence-electron chi connectivity index (χ3n) is 6.27. The van der Waals surface area contributed by atoms with Crippen LogP contribution in [0.3, 0.4) is 0 Å². The Balaban J connectivity index is 1.80. The van der Waals surface area contributed by atoms with E-state index in [0.29, 0.717) is 41.4 Å². The molecule has 1 aliphatic rings. The molecule has 0 radical (unpaired) electrons. The summed E-state index contributed by atoms with van der Waals surface area (Å²) in [7, 11) is 0. The number of amides is 2. The number of aliphatic hydroxyl groups is 1. The molecule has 0 unspecified atom stereocenters. The van der Waals surface area contributed by atoms with Crippen molar-refractivity contribution in [1.82, 2.24) is 4.98 Å². The van der Waals surface area contributed by atoms with Crippen LogP contribution in [0, 0.1) is 5.82 Å². The van der Waals surface area contributed by atoms with E-state index in [9.17, 15) is 14.7 Å². The number of benzene rings is 3. The molecule has 0 atom stereocenters. The van der Waals surface area contributed by atoms with Crippen LogP contribution in [-0.2, 0) is 17.6 Å². The zero-order valence-electron chi connectivity index (χ0n) is 17.8. The van der Waals surface area contributed by atoms with Crippen LogP contribution >= 0.6 is 0 Å². The van der Waals surface area contributed by atoms with Gasteiger partial charge >= 0.3 is 0 Å². The summed E-state index contributed by atoms with van der Waals surface area (Å²) in [5, 5.41) is 10.6. The minimum atomic E-state index is -0.732. The molecule has 0 aliphatic carbocycles. The quantitative estimate of drug-likeness (QED) is 0.409. The van der Waals surface area contributed by atoms with E-state index in [-0.39, 0.29) is 18.1 Å². The fraction of sp³-hybridized carbons (Fsp3) is 0.154. The van der Waals surface area contributed by atoms with Crippen LogP contribution in [0.4, 0.5) is 10.1 Å². The van der Waals surface area contributed by atoms with Crippen LogP contribution in [0.25, 0.3) is 32.9 Å². The number of nitrogens with two attached hydrogens (primary N) is 1. The highest BCUT2D eigenvalue weighted by atomic mass is 19.1. The molecule has 3 aromatic carbocycles. The summed E-state index contributed by atoms with van der Waals surface area (Å²) in [4.78, 5) is 29.3. The van der Waals surface area contributed by atoms with Gasteiger partial charge in [0, 0.05) is 40.7 Å². The monoisotopic (exact) mass is 443 g/mol. The Morgan fingerprint density at radius 3 is 2.76 bits per heavy atom. The number of hydrogen-bond acceptors (Lipinski definition) is 3. The van der Waals surface area contributed by atoms with Crippen LogP contribution in [0.15, 0.2) is 55.1 Å². The van der Waals surface area contributed by atoms with E-state index in [1.54, 1.807) is 4.90 Å². The average Bonchev–Trinajstić information content (AvgIpc) is 3.39. The number of aliphatic hydroxyl groups excluding tert-OH is 1. The third-order valence-corrected chi connectivity index (χ3v) is 6.27. The number of carbonyl (C=O) groups excluding carboxylic acids is 2. The molecule has 4 aromatic rings. The first kappa shape index (κ1) is 20.9. The lowest BCUT2D eigenvalue weighted by molar-refractivity contribution is -0.114. The highest BCUT2D eigenvalue weighted by Crippen LogP contribution is 2.41. The predicted molar refractivity (Wildman–Crippen MR) is 127 cm³/mol. The van der Waals surface area contributed by atoms with Gasteiger partial charge in [-0.05, 0) is 53.8 Å². The molecule has 0 fully saturated rings. The summed E-state index contributed by atoms with van der Waals surface area (Å²) in [6.07, 6.45) is 2.47. The van der Waals surface area contributed by atoms with Crippen molar-refractivity contribution < 1.29 is 19.1 Å². The van der Waals surface area contributed by atoms with Crippen molar-refractivity contribution >= 4 is 39.3 Å². The zero-order valence-corrected chi connectivity index (χ0v) is 17.8. The number of anilines is 1. The summed E-state index contributed by atoms with van der Waals surface area (Å²) < 4.78 is 15.6. The summed E-state index contributed by atoms with van der Waals surface area (Å²) in [5.74, 6) is -1.51. The van der Waals surface area contributed by atoms with Crippen LogP contribution < -0.4 is 10.6 Å². The Morgan fingerprint density at radius 2 is 2.03 bits per heavy atom. The maximum absolute atomic E-state index is 15.6. The van der Waals surface area contributed by atoms with Crippen molar-refractivity contribution in [2.45, 2.75) is 12.8 Å². The van der Waals surface area contributed by atoms with Gasteiger partial charge in [-0.25, -0.2) is 4.39 Å². The molecule has 0 bridgehead atoms. The summed E-state index contributed by atoms with van der Waals surface area (Å²) in [6.45, 7) is 4.12. The van der Waals surface area contributed by atoms with Gasteiger partial charge in [0.05, 0.1) is 11.1 Å². The number of primary amides is 1. The fourth-order valence-corrected chi connectivity index (χ4v) is 4.73. The maximum atomic E-state index is 15.6. The number of rotatable bonds is 5. The standard InChI is InChI=1S/C26H22FN3O3/c1-2-22(32)30-9-7-15-4-5-16(12-21(15)30)23-19(27)13-18(26(28)33)25-24(23)17-6-3-14(8-10-31)11-20(17)29-25/h2-6,11-13,29,31H,1,7-10H2,(H2,28,33).